The van der Waals surface area contributed by atoms with Gasteiger partial charge in [0, 0.05) is 24.1 Å². The van der Waals surface area contributed by atoms with Gasteiger partial charge in [-0.25, -0.2) is 0 Å². The van der Waals surface area contributed by atoms with Crippen LogP contribution in [0.5, 0.6) is 0 Å². The van der Waals surface area contributed by atoms with Crippen LogP contribution in [0.3, 0.4) is 0 Å². The molecule has 104 valence electrons. The van der Waals surface area contributed by atoms with Crippen molar-refractivity contribution < 1.29 is 4.79 Å². The number of nitrogens with one attached hydrogen (secondary N) is 1. The molecule has 0 saturated carbocycles. The molecule has 5 nitrogen and oxygen atoms in total. The molecule has 5 heteroatoms. The second kappa shape index (κ2) is 6.52. The van der Waals surface area contributed by atoms with Crippen LogP contribution < -0.4 is 11.1 Å². The lowest BCUT2D eigenvalue weighted by Gasteiger charge is -2.14. The lowest BCUT2D eigenvalue weighted by atomic mass is 10.2. The summed E-state index contributed by atoms with van der Waals surface area (Å²) in [6.07, 6.45) is 5.13. The normalized spacial score (nSPS) is 15.6. The van der Waals surface area contributed by atoms with E-state index in [1.54, 1.807) is 12.3 Å². The molecule has 0 bridgehead atoms. The molecular weight excluding hydrogens is 240 g/mol. The second-order valence-corrected chi connectivity index (χ2v) is 5.07. The largest absolute Gasteiger partial charge is 0.398 e. The number of rotatable bonds is 5. The zero-order valence-corrected chi connectivity index (χ0v) is 11.5. The summed E-state index contributed by atoms with van der Waals surface area (Å²) in [5, 5.41) is 2.90. The molecule has 0 unspecified atom stereocenters. The Hall–Kier alpha value is -1.62. The van der Waals surface area contributed by atoms with E-state index in [-0.39, 0.29) is 5.91 Å². The van der Waals surface area contributed by atoms with Crippen molar-refractivity contribution in [1.29, 1.82) is 0 Å². The smallest absolute Gasteiger partial charge is 0.254 e. The van der Waals surface area contributed by atoms with E-state index in [1.807, 2.05) is 6.92 Å². The number of nitrogens with two attached hydrogens (primary N) is 1. The maximum Gasteiger partial charge on any atom is 0.254 e. The summed E-state index contributed by atoms with van der Waals surface area (Å²) in [5.74, 6) is -0.133. The van der Waals surface area contributed by atoms with Crippen LogP contribution in [0.15, 0.2) is 12.3 Å². The van der Waals surface area contributed by atoms with Crippen LogP contribution in [0.25, 0.3) is 0 Å². The summed E-state index contributed by atoms with van der Waals surface area (Å²) in [6.45, 7) is 5.99. The minimum atomic E-state index is -0.133. The molecular formula is C14H22N4O. The molecule has 0 aliphatic carbocycles. The lowest BCUT2D eigenvalue weighted by Crippen LogP contribution is -2.29. The summed E-state index contributed by atoms with van der Waals surface area (Å²) in [5.41, 5.74) is 7.59. The number of carbonyl (C=O) groups is 1. The topological polar surface area (TPSA) is 71.2 Å². The van der Waals surface area contributed by atoms with Crippen molar-refractivity contribution in [3.05, 3.63) is 23.5 Å². The molecule has 0 radical (unpaired) electrons. The summed E-state index contributed by atoms with van der Waals surface area (Å²) in [7, 11) is 0. The highest BCUT2D eigenvalue weighted by Gasteiger charge is 2.12. The van der Waals surface area contributed by atoms with Gasteiger partial charge in [-0.05, 0) is 51.9 Å². The van der Waals surface area contributed by atoms with Crippen molar-refractivity contribution in [2.45, 2.75) is 26.2 Å². The van der Waals surface area contributed by atoms with Gasteiger partial charge in [0.25, 0.3) is 5.91 Å². The number of carbonyl (C=O) groups excluding carboxylic acids is 1. The zero-order chi connectivity index (χ0) is 13.7. The predicted molar refractivity (Wildman–Crippen MR) is 76.0 cm³/mol. The van der Waals surface area contributed by atoms with E-state index in [0.717, 1.165) is 18.7 Å². The molecule has 2 heterocycles. The van der Waals surface area contributed by atoms with Gasteiger partial charge in [0.15, 0.2) is 0 Å². The van der Waals surface area contributed by atoms with Gasteiger partial charge >= 0.3 is 0 Å². The molecule has 0 aromatic carbocycles. The Morgan fingerprint density at radius 2 is 2.21 bits per heavy atom. The third-order valence-electron chi connectivity index (χ3n) is 3.45. The minimum Gasteiger partial charge on any atom is -0.398 e. The number of pyridine rings is 1. The van der Waals surface area contributed by atoms with Crippen molar-refractivity contribution in [1.82, 2.24) is 15.2 Å². The number of amides is 1. The van der Waals surface area contributed by atoms with Gasteiger partial charge in [-0.3, -0.25) is 9.78 Å². The van der Waals surface area contributed by atoms with E-state index in [0.29, 0.717) is 17.8 Å². The van der Waals surface area contributed by atoms with Crippen LogP contribution in [0.1, 0.15) is 35.3 Å². The fourth-order valence-corrected chi connectivity index (χ4v) is 2.38. The van der Waals surface area contributed by atoms with E-state index in [2.05, 4.69) is 15.2 Å². The van der Waals surface area contributed by atoms with Crippen LogP contribution in [0, 0.1) is 6.92 Å². The molecule has 1 aromatic rings. The predicted octanol–water partition coefficient (Wildman–Crippen LogP) is 1.19. The molecule has 3 N–H and O–H groups in total. The minimum absolute atomic E-state index is 0.133. The van der Waals surface area contributed by atoms with Crippen molar-refractivity contribution in [3.8, 4) is 0 Å². The van der Waals surface area contributed by atoms with Gasteiger partial charge in [-0.1, -0.05) is 0 Å². The zero-order valence-electron chi connectivity index (χ0n) is 11.5. The Kier molecular flexibility index (Phi) is 4.74. The molecule has 1 aliphatic heterocycles. The average molecular weight is 262 g/mol. The highest BCUT2D eigenvalue weighted by atomic mass is 16.1. The summed E-state index contributed by atoms with van der Waals surface area (Å²) < 4.78 is 0. The second-order valence-electron chi connectivity index (χ2n) is 5.07. The standard InChI is InChI=1S/C14H22N4O/c1-11-9-13(15)12(10-17-11)14(19)16-5-4-8-18-6-2-3-7-18/h9-10H,2-8H2,1H3,(H2,15,17)(H,16,19). The molecule has 1 amide bonds. The van der Waals surface area contributed by atoms with E-state index in [9.17, 15) is 4.79 Å². The quantitative estimate of drug-likeness (QED) is 0.782. The van der Waals surface area contributed by atoms with E-state index < -0.39 is 0 Å². The van der Waals surface area contributed by atoms with Gasteiger partial charge in [-0.15, -0.1) is 0 Å². The Labute approximate surface area is 114 Å². The Morgan fingerprint density at radius 1 is 1.47 bits per heavy atom. The number of aryl methyl sites for hydroxylation is 1. The highest BCUT2D eigenvalue weighted by Crippen LogP contribution is 2.11. The molecule has 19 heavy (non-hydrogen) atoms. The van der Waals surface area contributed by atoms with Gasteiger partial charge < -0.3 is 16.0 Å². The first-order valence-electron chi connectivity index (χ1n) is 6.89. The first-order chi connectivity index (χ1) is 9.16. The van der Waals surface area contributed by atoms with E-state index in [4.69, 9.17) is 5.73 Å². The third-order valence-corrected chi connectivity index (χ3v) is 3.45. The maximum absolute atomic E-state index is 11.9. The van der Waals surface area contributed by atoms with E-state index in [1.165, 1.54) is 25.9 Å². The number of hydrogen-bond donors (Lipinski definition) is 2. The molecule has 1 aliphatic rings. The van der Waals surface area contributed by atoms with Crippen molar-refractivity contribution in [3.63, 3.8) is 0 Å². The highest BCUT2D eigenvalue weighted by molar-refractivity contribution is 5.98. The molecule has 1 aromatic heterocycles. The van der Waals surface area contributed by atoms with Crippen LogP contribution in [-0.4, -0.2) is 42.0 Å². The molecule has 0 spiro atoms. The van der Waals surface area contributed by atoms with Crippen LogP contribution in [0.2, 0.25) is 0 Å². The average Bonchev–Trinajstić information content (AvgIpc) is 2.87. The number of likely N-dealkylation sites (tertiary alicyclic amines) is 1. The van der Waals surface area contributed by atoms with Crippen molar-refractivity contribution >= 4 is 11.6 Å². The summed E-state index contributed by atoms with van der Waals surface area (Å²) in [6, 6.07) is 1.72. The third kappa shape index (κ3) is 3.92. The number of nitrogens with zero attached hydrogens (tertiary/aromatic N) is 2. The number of aromatic nitrogens is 1. The monoisotopic (exact) mass is 262 g/mol. The number of hydrogen-bond acceptors (Lipinski definition) is 4. The van der Waals surface area contributed by atoms with Crippen LogP contribution in [0.4, 0.5) is 5.69 Å². The maximum atomic E-state index is 11.9. The van der Waals surface area contributed by atoms with Gasteiger partial charge in [0.05, 0.1) is 5.56 Å². The Balaban J connectivity index is 1.74. The first-order valence-corrected chi connectivity index (χ1v) is 6.89. The molecule has 0 atom stereocenters. The molecule has 1 saturated heterocycles. The molecule has 2 rings (SSSR count). The Bertz CT molecular complexity index is 441. The van der Waals surface area contributed by atoms with Gasteiger partial charge in [0.1, 0.15) is 0 Å². The SMILES string of the molecule is Cc1cc(N)c(C(=O)NCCCN2CCCC2)cn1. The van der Waals surface area contributed by atoms with Gasteiger partial charge in [0.2, 0.25) is 0 Å². The number of anilines is 1. The fraction of sp³-hybridized carbons (Fsp3) is 0.571. The Morgan fingerprint density at radius 3 is 2.89 bits per heavy atom. The number of nitrogen functional groups attached to an aromatic ring is 1. The fourth-order valence-electron chi connectivity index (χ4n) is 2.38. The van der Waals surface area contributed by atoms with Crippen molar-refractivity contribution in [2.75, 3.05) is 31.9 Å². The summed E-state index contributed by atoms with van der Waals surface area (Å²) in [4.78, 5) is 18.5. The van der Waals surface area contributed by atoms with Crippen molar-refractivity contribution in [2.24, 2.45) is 0 Å². The van der Waals surface area contributed by atoms with E-state index >= 15 is 0 Å². The van der Waals surface area contributed by atoms with Crippen LogP contribution in [-0.2, 0) is 0 Å². The lowest BCUT2D eigenvalue weighted by molar-refractivity contribution is 0.0952. The van der Waals surface area contributed by atoms with Crippen LogP contribution >= 0.6 is 0 Å². The van der Waals surface area contributed by atoms with Gasteiger partial charge in [-0.2, -0.15) is 0 Å². The molecule has 1 fully saturated rings. The first kappa shape index (κ1) is 13.8. The summed E-state index contributed by atoms with van der Waals surface area (Å²) >= 11 is 0.